The van der Waals surface area contributed by atoms with E-state index in [-0.39, 0.29) is 5.91 Å². The molecule has 1 amide bonds. The summed E-state index contributed by atoms with van der Waals surface area (Å²) in [4.78, 5) is 20.5. The van der Waals surface area contributed by atoms with E-state index in [1.807, 2.05) is 37.3 Å². The number of aryl methyl sites for hydroxylation is 1. The van der Waals surface area contributed by atoms with E-state index in [0.29, 0.717) is 22.1 Å². The largest absolute Gasteiger partial charge is 0.340 e. The quantitative estimate of drug-likeness (QED) is 0.738. The molecule has 0 aliphatic carbocycles. The maximum Gasteiger partial charge on any atom is 0.257 e. The number of benzene rings is 2. The van der Waals surface area contributed by atoms with Crippen molar-refractivity contribution in [2.45, 2.75) is 6.92 Å². The first-order chi connectivity index (χ1) is 11.6. The van der Waals surface area contributed by atoms with E-state index in [4.69, 9.17) is 11.6 Å². The van der Waals surface area contributed by atoms with Crippen LogP contribution in [0, 0.1) is 6.92 Å². The van der Waals surface area contributed by atoms with Crippen molar-refractivity contribution in [3.63, 3.8) is 0 Å². The monoisotopic (exact) mass is 338 g/mol. The number of rotatable bonds is 4. The predicted molar refractivity (Wildman–Crippen MR) is 95.9 cm³/mol. The van der Waals surface area contributed by atoms with Gasteiger partial charge in [-0.3, -0.25) is 4.79 Å². The maximum absolute atomic E-state index is 12.3. The van der Waals surface area contributed by atoms with Gasteiger partial charge in [-0.05, 0) is 37.3 Å². The van der Waals surface area contributed by atoms with Gasteiger partial charge in [0.2, 0.25) is 0 Å². The highest BCUT2D eigenvalue weighted by Gasteiger charge is 2.10. The molecule has 1 heterocycles. The molecule has 0 fully saturated rings. The smallest absolute Gasteiger partial charge is 0.257 e. The number of aromatic nitrogens is 2. The van der Waals surface area contributed by atoms with Gasteiger partial charge in [0.05, 0.1) is 10.6 Å². The van der Waals surface area contributed by atoms with Crippen LogP contribution < -0.4 is 10.6 Å². The van der Waals surface area contributed by atoms with Gasteiger partial charge in [-0.15, -0.1) is 0 Å². The summed E-state index contributed by atoms with van der Waals surface area (Å²) >= 11 is 6.05. The summed E-state index contributed by atoms with van der Waals surface area (Å²) in [6.45, 7) is 1.90. The van der Waals surface area contributed by atoms with Crippen LogP contribution in [-0.2, 0) is 0 Å². The Hall–Kier alpha value is -2.92. The summed E-state index contributed by atoms with van der Waals surface area (Å²) < 4.78 is 0. The van der Waals surface area contributed by atoms with Gasteiger partial charge in [0, 0.05) is 23.1 Å². The van der Waals surface area contributed by atoms with E-state index in [1.165, 1.54) is 6.33 Å². The third-order valence-electron chi connectivity index (χ3n) is 3.32. The average Bonchev–Trinajstić information content (AvgIpc) is 2.55. The van der Waals surface area contributed by atoms with Gasteiger partial charge in [-0.25, -0.2) is 9.97 Å². The number of carbonyl (C=O) groups excluding carboxylic acids is 1. The van der Waals surface area contributed by atoms with Crippen LogP contribution in [0.15, 0.2) is 60.9 Å². The topological polar surface area (TPSA) is 66.9 Å². The van der Waals surface area contributed by atoms with Crippen molar-refractivity contribution in [1.29, 1.82) is 0 Å². The summed E-state index contributed by atoms with van der Waals surface area (Å²) in [6, 6.07) is 16.1. The van der Waals surface area contributed by atoms with Gasteiger partial charge in [0.1, 0.15) is 12.1 Å². The van der Waals surface area contributed by atoms with Crippen LogP contribution in [0.4, 0.5) is 17.2 Å². The van der Waals surface area contributed by atoms with Crippen LogP contribution in [0.1, 0.15) is 16.1 Å². The molecule has 6 heteroatoms. The van der Waals surface area contributed by atoms with Crippen molar-refractivity contribution < 1.29 is 4.79 Å². The Morgan fingerprint density at radius 1 is 1.00 bits per heavy atom. The molecular formula is C18H15ClN4O. The minimum absolute atomic E-state index is 0.254. The molecule has 0 saturated heterocycles. The first kappa shape index (κ1) is 16.0. The molecule has 3 aromatic rings. The number of carbonyl (C=O) groups is 1. The molecule has 2 N–H and O–H groups in total. The third kappa shape index (κ3) is 3.88. The fourth-order valence-corrected chi connectivity index (χ4v) is 2.41. The van der Waals surface area contributed by atoms with Crippen LogP contribution in [0.2, 0.25) is 5.02 Å². The van der Waals surface area contributed by atoms with E-state index in [2.05, 4.69) is 20.6 Å². The Kier molecular flexibility index (Phi) is 4.72. The lowest BCUT2D eigenvalue weighted by Gasteiger charge is -2.10. The zero-order chi connectivity index (χ0) is 16.9. The SMILES string of the molecule is Cc1cc(Nc2cccc(NC(=O)c3ccccc3Cl)c2)ncn1. The molecule has 5 nitrogen and oxygen atoms in total. The second kappa shape index (κ2) is 7.10. The molecule has 0 atom stereocenters. The molecule has 24 heavy (non-hydrogen) atoms. The summed E-state index contributed by atoms with van der Waals surface area (Å²) in [6.07, 6.45) is 1.50. The Morgan fingerprint density at radius 3 is 2.58 bits per heavy atom. The molecule has 0 radical (unpaired) electrons. The van der Waals surface area contributed by atoms with Crippen molar-refractivity contribution in [2.24, 2.45) is 0 Å². The highest BCUT2D eigenvalue weighted by atomic mass is 35.5. The number of hydrogen-bond donors (Lipinski definition) is 2. The van der Waals surface area contributed by atoms with Gasteiger partial charge in [0.15, 0.2) is 0 Å². The fourth-order valence-electron chi connectivity index (χ4n) is 2.19. The number of amides is 1. The second-order valence-corrected chi connectivity index (χ2v) is 5.59. The lowest BCUT2D eigenvalue weighted by atomic mass is 10.2. The average molecular weight is 339 g/mol. The van der Waals surface area contributed by atoms with E-state index in [1.54, 1.807) is 24.3 Å². The summed E-state index contributed by atoms with van der Waals surface area (Å²) in [5.41, 5.74) is 2.78. The van der Waals surface area contributed by atoms with E-state index >= 15 is 0 Å². The van der Waals surface area contributed by atoms with Gasteiger partial charge in [-0.2, -0.15) is 0 Å². The molecule has 0 aliphatic heterocycles. The van der Waals surface area contributed by atoms with Crippen molar-refractivity contribution >= 4 is 34.7 Å². The number of nitrogens with zero attached hydrogens (tertiary/aromatic N) is 2. The van der Waals surface area contributed by atoms with Crippen LogP contribution in [0.5, 0.6) is 0 Å². The molecule has 0 saturated carbocycles. The number of halogens is 1. The van der Waals surface area contributed by atoms with Crippen molar-refractivity contribution in [3.8, 4) is 0 Å². The number of anilines is 3. The lowest BCUT2D eigenvalue weighted by molar-refractivity contribution is 0.102. The Balaban J connectivity index is 1.76. The van der Waals surface area contributed by atoms with E-state index in [9.17, 15) is 4.79 Å². The zero-order valence-corrected chi connectivity index (χ0v) is 13.7. The standard InChI is InChI=1S/C18H15ClN4O/c1-12-9-17(21-11-20-12)22-13-5-4-6-14(10-13)23-18(24)15-7-2-3-8-16(15)19/h2-11H,1H3,(H,23,24)(H,20,21,22). The fraction of sp³-hybridized carbons (Fsp3) is 0.0556. The summed E-state index contributed by atoms with van der Waals surface area (Å²) in [5.74, 6) is 0.438. The maximum atomic E-state index is 12.3. The number of nitrogens with one attached hydrogen (secondary N) is 2. The van der Waals surface area contributed by atoms with E-state index in [0.717, 1.165) is 11.4 Å². The summed E-state index contributed by atoms with van der Waals surface area (Å²) in [7, 11) is 0. The molecule has 120 valence electrons. The molecule has 3 rings (SSSR count). The van der Waals surface area contributed by atoms with Crippen LogP contribution in [0.25, 0.3) is 0 Å². The molecule has 0 spiro atoms. The van der Waals surface area contributed by atoms with Crippen molar-refractivity contribution in [3.05, 3.63) is 77.2 Å². The normalized spacial score (nSPS) is 10.2. The predicted octanol–water partition coefficient (Wildman–Crippen LogP) is 4.43. The molecule has 1 aromatic heterocycles. The Morgan fingerprint density at radius 2 is 1.79 bits per heavy atom. The molecular weight excluding hydrogens is 324 g/mol. The molecule has 0 bridgehead atoms. The zero-order valence-electron chi connectivity index (χ0n) is 13.0. The summed E-state index contributed by atoms with van der Waals surface area (Å²) in [5, 5.41) is 6.44. The van der Waals surface area contributed by atoms with Gasteiger partial charge >= 0.3 is 0 Å². The van der Waals surface area contributed by atoms with Gasteiger partial charge in [0.25, 0.3) is 5.91 Å². The minimum atomic E-state index is -0.254. The highest BCUT2D eigenvalue weighted by Crippen LogP contribution is 2.21. The van der Waals surface area contributed by atoms with Crippen LogP contribution in [-0.4, -0.2) is 15.9 Å². The van der Waals surface area contributed by atoms with Crippen LogP contribution in [0.3, 0.4) is 0 Å². The van der Waals surface area contributed by atoms with Crippen LogP contribution >= 0.6 is 11.6 Å². The van der Waals surface area contributed by atoms with Crippen molar-refractivity contribution in [2.75, 3.05) is 10.6 Å². The lowest BCUT2D eigenvalue weighted by Crippen LogP contribution is -2.12. The third-order valence-corrected chi connectivity index (χ3v) is 3.64. The van der Waals surface area contributed by atoms with Crippen molar-refractivity contribution in [1.82, 2.24) is 9.97 Å². The Labute approximate surface area is 144 Å². The molecule has 0 aliphatic rings. The highest BCUT2D eigenvalue weighted by molar-refractivity contribution is 6.34. The Bertz CT molecular complexity index is 882. The van der Waals surface area contributed by atoms with E-state index < -0.39 is 0 Å². The molecule has 2 aromatic carbocycles. The molecule has 0 unspecified atom stereocenters. The first-order valence-corrected chi connectivity index (χ1v) is 7.71. The first-order valence-electron chi connectivity index (χ1n) is 7.33. The minimum Gasteiger partial charge on any atom is -0.340 e. The van der Waals surface area contributed by atoms with Gasteiger partial charge in [-0.1, -0.05) is 29.8 Å². The van der Waals surface area contributed by atoms with Gasteiger partial charge < -0.3 is 10.6 Å². The number of hydrogen-bond acceptors (Lipinski definition) is 4. The second-order valence-electron chi connectivity index (χ2n) is 5.18.